The maximum Gasteiger partial charge on any atom is 0.234 e. The second kappa shape index (κ2) is 6.60. The van der Waals surface area contributed by atoms with Crippen molar-refractivity contribution in [2.24, 2.45) is 16.8 Å². The first-order valence-corrected chi connectivity index (χ1v) is 7.93. The minimum absolute atomic E-state index is 0.0122. The molecule has 3 N–H and O–H groups in total. The third-order valence-corrected chi connectivity index (χ3v) is 4.80. The van der Waals surface area contributed by atoms with E-state index in [0.717, 1.165) is 0 Å². The Bertz CT molecular complexity index is 565. The van der Waals surface area contributed by atoms with Crippen LogP contribution in [0.3, 0.4) is 0 Å². The summed E-state index contributed by atoms with van der Waals surface area (Å²) in [5.74, 6) is 0.436. The minimum atomic E-state index is -3.32. The fourth-order valence-electron chi connectivity index (χ4n) is 1.58. The van der Waals surface area contributed by atoms with Crippen molar-refractivity contribution in [2.75, 3.05) is 17.1 Å². The number of benzene rings is 1. The number of amidine groups is 1. The van der Waals surface area contributed by atoms with Crippen LogP contribution in [0.1, 0.15) is 25.8 Å². The minimum Gasteiger partial charge on any atom is -0.409 e. The van der Waals surface area contributed by atoms with Crippen molar-refractivity contribution in [1.82, 2.24) is 0 Å². The van der Waals surface area contributed by atoms with E-state index in [9.17, 15) is 8.42 Å². The molecule has 0 atom stereocenters. The zero-order valence-electron chi connectivity index (χ0n) is 11.9. The summed E-state index contributed by atoms with van der Waals surface area (Å²) in [5, 5.41) is 11.5. The Morgan fingerprint density at radius 3 is 2.35 bits per heavy atom. The summed E-state index contributed by atoms with van der Waals surface area (Å²) in [5.41, 5.74) is 6.53. The highest BCUT2D eigenvalue weighted by Gasteiger charge is 2.18. The molecule has 1 aromatic carbocycles. The number of hydrogen-bond donors (Lipinski definition) is 2. The van der Waals surface area contributed by atoms with Crippen LogP contribution in [-0.2, 0) is 10.0 Å². The van der Waals surface area contributed by atoms with Gasteiger partial charge >= 0.3 is 0 Å². The fraction of sp³-hybridized carbons (Fsp3) is 0.462. The highest BCUT2D eigenvalue weighted by atomic mass is 32.2. The maximum absolute atomic E-state index is 12.1. The molecule has 0 saturated carbocycles. The molecule has 1 rings (SSSR count). The van der Waals surface area contributed by atoms with Gasteiger partial charge in [0.1, 0.15) is 0 Å². The Morgan fingerprint density at radius 1 is 1.35 bits per heavy atom. The quantitative estimate of drug-likeness (QED) is 0.361. The van der Waals surface area contributed by atoms with Crippen LogP contribution >= 0.6 is 0 Å². The van der Waals surface area contributed by atoms with Crippen LogP contribution < -0.4 is 10.0 Å². The van der Waals surface area contributed by atoms with E-state index in [-0.39, 0.29) is 11.6 Å². The van der Waals surface area contributed by atoms with E-state index in [1.165, 1.54) is 11.4 Å². The summed E-state index contributed by atoms with van der Waals surface area (Å²) in [6.45, 7) is 3.97. The topological polar surface area (TPSA) is 96.0 Å². The lowest BCUT2D eigenvalue weighted by Gasteiger charge is -2.20. The number of anilines is 1. The molecule has 20 heavy (non-hydrogen) atoms. The molecule has 0 unspecified atom stereocenters. The third kappa shape index (κ3) is 4.12. The Hall–Kier alpha value is -1.76. The normalized spacial score (nSPS) is 12.7. The lowest BCUT2D eigenvalue weighted by molar-refractivity contribution is 0.318. The number of sulfonamides is 1. The van der Waals surface area contributed by atoms with Crippen molar-refractivity contribution >= 4 is 21.5 Å². The first kappa shape index (κ1) is 16.3. The largest absolute Gasteiger partial charge is 0.409 e. The monoisotopic (exact) mass is 299 g/mol. The summed E-state index contributed by atoms with van der Waals surface area (Å²) < 4.78 is 25.6. The fourth-order valence-corrected chi connectivity index (χ4v) is 3.07. The number of hydrogen-bond acceptors (Lipinski definition) is 4. The van der Waals surface area contributed by atoms with Gasteiger partial charge in [-0.15, -0.1) is 0 Å². The van der Waals surface area contributed by atoms with Crippen LogP contribution in [0.2, 0.25) is 0 Å². The van der Waals surface area contributed by atoms with Crippen molar-refractivity contribution < 1.29 is 13.6 Å². The number of nitrogens with zero attached hydrogens (tertiary/aromatic N) is 2. The van der Waals surface area contributed by atoms with Crippen molar-refractivity contribution in [3.63, 3.8) is 0 Å². The molecular weight excluding hydrogens is 278 g/mol. The van der Waals surface area contributed by atoms with E-state index < -0.39 is 10.0 Å². The van der Waals surface area contributed by atoms with Crippen LogP contribution in [0.5, 0.6) is 0 Å². The van der Waals surface area contributed by atoms with Crippen LogP contribution in [0, 0.1) is 5.92 Å². The zero-order valence-corrected chi connectivity index (χ0v) is 12.8. The Kier molecular flexibility index (Phi) is 5.38. The van der Waals surface area contributed by atoms with Gasteiger partial charge in [-0.2, -0.15) is 0 Å². The molecule has 0 aliphatic rings. The molecule has 112 valence electrons. The van der Waals surface area contributed by atoms with Gasteiger partial charge in [0.05, 0.1) is 11.4 Å². The van der Waals surface area contributed by atoms with Gasteiger partial charge in [0, 0.05) is 12.6 Å². The summed E-state index contributed by atoms with van der Waals surface area (Å²) in [6, 6.07) is 6.47. The van der Waals surface area contributed by atoms with E-state index >= 15 is 0 Å². The summed E-state index contributed by atoms with van der Waals surface area (Å²) >= 11 is 0. The molecular formula is C13H21N3O3S. The van der Waals surface area contributed by atoms with Crippen LogP contribution in [-0.4, -0.2) is 32.3 Å². The van der Waals surface area contributed by atoms with Gasteiger partial charge in [-0.3, -0.25) is 4.31 Å². The van der Waals surface area contributed by atoms with E-state index in [4.69, 9.17) is 10.9 Å². The lowest BCUT2D eigenvalue weighted by atomic mass is 10.2. The first-order valence-electron chi connectivity index (χ1n) is 6.32. The zero-order chi connectivity index (χ0) is 15.3. The molecule has 0 spiro atoms. The second-order valence-corrected chi connectivity index (χ2v) is 7.12. The van der Waals surface area contributed by atoms with Gasteiger partial charge in [-0.25, -0.2) is 8.42 Å². The third-order valence-electron chi connectivity index (χ3n) is 3.00. The van der Waals surface area contributed by atoms with E-state index in [1.807, 2.05) is 13.8 Å². The molecule has 0 bridgehead atoms. The predicted octanol–water partition coefficient (Wildman–Crippen LogP) is 1.59. The van der Waals surface area contributed by atoms with E-state index in [2.05, 4.69) is 5.16 Å². The molecule has 0 radical (unpaired) electrons. The Labute approximate surface area is 119 Å². The molecule has 6 nitrogen and oxygen atoms in total. The van der Waals surface area contributed by atoms with Crippen LogP contribution in [0.25, 0.3) is 0 Å². The average molecular weight is 299 g/mol. The number of rotatable bonds is 6. The smallest absolute Gasteiger partial charge is 0.234 e. The highest BCUT2D eigenvalue weighted by molar-refractivity contribution is 7.92. The predicted molar refractivity (Wildman–Crippen MR) is 80.6 cm³/mol. The van der Waals surface area contributed by atoms with Gasteiger partial charge < -0.3 is 10.9 Å². The van der Waals surface area contributed by atoms with Gasteiger partial charge in [-0.05, 0) is 36.6 Å². The van der Waals surface area contributed by atoms with Crippen LogP contribution in [0.4, 0.5) is 5.69 Å². The molecule has 0 aromatic heterocycles. The summed E-state index contributed by atoms with van der Waals surface area (Å²) in [6.07, 6.45) is 0.620. The summed E-state index contributed by atoms with van der Waals surface area (Å²) in [7, 11) is -1.80. The maximum atomic E-state index is 12.1. The second-order valence-electron chi connectivity index (χ2n) is 5.00. The Morgan fingerprint density at radius 2 is 1.90 bits per heavy atom. The van der Waals surface area contributed by atoms with Crippen molar-refractivity contribution in [1.29, 1.82) is 0 Å². The van der Waals surface area contributed by atoms with Gasteiger partial charge in [-0.1, -0.05) is 19.0 Å². The standard InChI is InChI=1S/C13H21N3O3S/c1-10(2)8-9-20(18,19)16(3)12-6-4-11(5-7-12)13(14)15-17/h4-7,10,17H,8-9H2,1-3H3,(H2,14,15). The number of nitrogens with two attached hydrogens (primary N) is 1. The van der Waals surface area contributed by atoms with Gasteiger partial charge in [0.2, 0.25) is 10.0 Å². The van der Waals surface area contributed by atoms with E-state index in [1.54, 1.807) is 24.3 Å². The first-order chi connectivity index (χ1) is 9.27. The van der Waals surface area contributed by atoms with Gasteiger partial charge in [0.15, 0.2) is 5.84 Å². The molecule has 0 aliphatic carbocycles. The molecule has 0 fully saturated rings. The van der Waals surface area contributed by atoms with Crippen molar-refractivity contribution in [3.8, 4) is 0 Å². The molecule has 0 heterocycles. The highest BCUT2D eigenvalue weighted by Crippen LogP contribution is 2.18. The molecule has 7 heteroatoms. The number of oxime groups is 1. The Balaban J connectivity index is 2.89. The molecule has 1 aromatic rings. The van der Waals surface area contributed by atoms with Crippen molar-refractivity contribution in [3.05, 3.63) is 29.8 Å². The SMILES string of the molecule is CC(C)CCS(=O)(=O)N(C)c1ccc(C(N)=NO)cc1. The van der Waals surface area contributed by atoms with Gasteiger partial charge in [0.25, 0.3) is 0 Å². The molecule has 0 saturated heterocycles. The van der Waals surface area contributed by atoms with Crippen molar-refractivity contribution in [2.45, 2.75) is 20.3 Å². The van der Waals surface area contributed by atoms with E-state index in [0.29, 0.717) is 23.6 Å². The van der Waals surface area contributed by atoms with Crippen LogP contribution in [0.15, 0.2) is 29.4 Å². The molecule has 0 amide bonds. The summed E-state index contributed by atoms with van der Waals surface area (Å²) in [4.78, 5) is 0. The lowest BCUT2D eigenvalue weighted by Crippen LogP contribution is -2.29. The molecule has 0 aliphatic heterocycles. The average Bonchev–Trinajstić information content (AvgIpc) is 2.43.